The van der Waals surface area contributed by atoms with Crippen LogP contribution in [0.2, 0.25) is 0 Å². The molecule has 0 saturated heterocycles. The number of hydrogen-bond acceptors (Lipinski definition) is 5. The molecule has 0 aliphatic carbocycles. The lowest BCUT2D eigenvalue weighted by Gasteiger charge is -2.24. The smallest absolute Gasteiger partial charge is 0.175 e. The third-order valence-electron chi connectivity index (χ3n) is 4.71. The van der Waals surface area contributed by atoms with Gasteiger partial charge >= 0.3 is 0 Å². The van der Waals surface area contributed by atoms with Crippen molar-refractivity contribution >= 4 is 21.2 Å². The van der Waals surface area contributed by atoms with Crippen LogP contribution in [0.1, 0.15) is 29.3 Å². The summed E-state index contributed by atoms with van der Waals surface area (Å²) in [5.74, 6) is 0.752. The number of sulfone groups is 1. The van der Waals surface area contributed by atoms with Crippen LogP contribution in [0.25, 0.3) is 0 Å². The average Bonchev–Trinajstić information content (AvgIpc) is 3.31. The van der Waals surface area contributed by atoms with E-state index in [9.17, 15) is 8.42 Å². The molecule has 1 unspecified atom stereocenters. The van der Waals surface area contributed by atoms with Crippen molar-refractivity contribution in [3.63, 3.8) is 0 Å². The zero-order valence-corrected chi connectivity index (χ0v) is 16.0. The molecule has 0 bridgehead atoms. The number of hydrogen-bond donors (Lipinski definition) is 0. The maximum atomic E-state index is 11.7. The molecule has 0 N–H and O–H groups in total. The normalized spacial score (nSPS) is 17.2. The second kappa shape index (κ2) is 6.70. The molecule has 6 heteroatoms. The quantitative estimate of drug-likeness (QED) is 0.675. The van der Waals surface area contributed by atoms with Gasteiger partial charge < -0.3 is 4.42 Å². The molecule has 1 aromatic heterocycles. The maximum absolute atomic E-state index is 11.7. The molecule has 0 radical (unpaired) electrons. The van der Waals surface area contributed by atoms with Gasteiger partial charge in [0.05, 0.1) is 22.9 Å². The molecular formula is C21H20N2O3S. The average molecular weight is 380 g/mol. The zero-order valence-electron chi connectivity index (χ0n) is 15.2. The number of benzene rings is 2. The molecule has 27 heavy (non-hydrogen) atoms. The second-order valence-corrected chi connectivity index (χ2v) is 8.78. The summed E-state index contributed by atoms with van der Waals surface area (Å²) in [7, 11) is -3.23. The van der Waals surface area contributed by atoms with Gasteiger partial charge in [0, 0.05) is 12.7 Å². The van der Waals surface area contributed by atoms with E-state index < -0.39 is 9.84 Å². The van der Waals surface area contributed by atoms with Crippen molar-refractivity contribution in [1.29, 1.82) is 0 Å². The molecule has 1 aliphatic rings. The maximum Gasteiger partial charge on any atom is 0.175 e. The van der Waals surface area contributed by atoms with Gasteiger partial charge in [-0.15, -0.1) is 0 Å². The molecule has 5 nitrogen and oxygen atoms in total. The van der Waals surface area contributed by atoms with Gasteiger partial charge in [0.15, 0.2) is 9.84 Å². The Balaban J connectivity index is 1.74. The fourth-order valence-electron chi connectivity index (χ4n) is 3.23. The van der Waals surface area contributed by atoms with Crippen LogP contribution < -0.4 is 5.01 Å². The minimum absolute atomic E-state index is 0.0229. The summed E-state index contributed by atoms with van der Waals surface area (Å²) < 4.78 is 29.0. The Morgan fingerprint density at radius 2 is 1.74 bits per heavy atom. The monoisotopic (exact) mass is 380 g/mol. The number of anilines is 1. The first kappa shape index (κ1) is 17.5. The molecule has 0 amide bonds. The summed E-state index contributed by atoms with van der Waals surface area (Å²) in [6, 6.07) is 19.0. The van der Waals surface area contributed by atoms with Gasteiger partial charge in [0.1, 0.15) is 11.5 Å². The topological polar surface area (TPSA) is 62.9 Å². The predicted molar refractivity (Wildman–Crippen MR) is 106 cm³/mol. The van der Waals surface area contributed by atoms with E-state index in [-0.39, 0.29) is 6.04 Å². The van der Waals surface area contributed by atoms with Crippen LogP contribution in [0, 0.1) is 6.92 Å². The van der Waals surface area contributed by atoms with Crippen molar-refractivity contribution in [2.24, 2.45) is 5.10 Å². The highest BCUT2D eigenvalue weighted by Crippen LogP contribution is 2.37. The van der Waals surface area contributed by atoms with Crippen LogP contribution in [0.3, 0.4) is 0 Å². The van der Waals surface area contributed by atoms with Crippen molar-refractivity contribution in [1.82, 2.24) is 0 Å². The molecule has 2 aromatic carbocycles. The summed E-state index contributed by atoms with van der Waals surface area (Å²) >= 11 is 0. The van der Waals surface area contributed by atoms with Crippen molar-refractivity contribution < 1.29 is 12.8 Å². The fraction of sp³-hybridized carbons (Fsp3) is 0.190. The Labute approximate surface area is 158 Å². The van der Waals surface area contributed by atoms with Crippen LogP contribution in [0.5, 0.6) is 0 Å². The van der Waals surface area contributed by atoms with Gasteiger partial charge in [-0.25, -0.2) is 8.42 Å². The van der Waals surface area contributed by atoms with Crippen molar-refractivity contribution in [3.8, 4) is 0 Å². The highest BCUT2D eigenvalue weighted by molar-refractivity contribution is 7.90. The summed E-state index contributed by atoms with van der Waals surface area (Å²) in [6.45, 7) is 2.06. The standard InChI is InChI=1S/C21H20N2O3S/c1-15-5-7-16(8-6-15)20-14-19(21-4-3-13-26-21)22-23(20)17-9-11-18(12-10-17)27(2,24)25/h3-13,20H,14H2,1-2H3. The second-order valence-electron chi connectivity index (χ2n) is 6.77. The highest BCUT2D eigenvalue weighted by Gasteiger charge is 2.31. The first-order valence-electron chi connectivity index (χ1n) is 8.69. The molecule has 138 valence electrons. The molecule has 0 saturated carbocycles. The van der Waals surface area contributed by atoms with Crippen molar-refractivity contribution in [2.75, 3.05) is 11.3 Å². The lowest BCUT2D eigenvalue weighted by molar-refractivity contribution is 0.556. The largest absolute Gasteiger partial charge is 0.463 e. The minimum atomic E-state index is -3.23. The summed E-state index contributed by atoms with van der Waals surface area (Å²) in [4.78, 5) is 0.299. The number of rotatable bonds is 4. The molecule has 1 atom stereocenters. The summed E-state index contributed by atoms with van der Waals surface area (Å²) in [5, 5.41) is 6.72. The molecule has 1 aliphatic heterocycles. The van der Waals surface area contributed by atoms with E-state index >= 15 is 0 Å². The first-order chi connectivity index (χ1) is 12.9. The SMILES string of the molecule is Cc1ccc(C2CC(c3ccco3)=NN2c2ccc(S(C)(=O)=O)cc2)cc1. The number of nitrogens with zero attached hydrogens (tertiary/aromatic N) is 2. The molecule has 0 fully saturated rings. The van der Waals surface area contributed by atoms with Crippen LogP contribution in [-0.4, -0.2) is 20.4 Å². The van der Waals surface area contributed by atoms with Crippen LogP contribution in [-0.2, 0) is 9.84 Å². The van der Waals surface area contributed by atoms with Gasteiger partial charge in [-0.05, 0) is 48.9 Å². The minimum Gasteiger partial charge on any atom is -0.463 e. The number of furan rings is 1. The van der Waals surface area contributed by atoms with E-state index in [0.717, 1.165) is 22.7 Å². The van der Waals surface area contributed by atoms with Crippen molar-refractivity contribution in [3.05, 3.63) is 83.8 Å². The molecule has 3 aromatic rings. The first-order valence-corrected chi connectivity index (χ1v) is 10.6. The van der Waals surface area contributed by atoms with E-state index in [0.29, 0.717) is 11.3 Å². The number of aryl methyl sites for hydroxylation is 1. The van der Waals surface area contributed by atoms with Gasteiger partial charge in [-0.1, -0.05) is 29.8 Å². The van der Waals surface area contributed by atoms with Crippen molar-refractivity contribution in [2.45, 2.75) is 24.3 Å². The Morgan fingerprint density at radius 1 is 1.04 bits per heavy atom. The van der Waals surface area contributed by atoms with Crippen LogP contribution in [0.4, 0.5) is 5.69 Å². The molecular weight excluding hydrogens is 360 g/mol. The Morgan fingerprint density at radius 3 is 2.33 bits per heavy atom. The van der Waals surface area contributed by atoms with E-state index in [1.807, 2.05) is 17.1 Å². The Hall–Kier alpha value is -2.86. The molecule has 2 heterocycles. The van der Waals surface area contributed by atoms with Crippen LogP contribution in [0.15, 0.2) is 81.3 Å². The third-order valence-corrected chi connectivity index (χ3v) is 5.84. The molecule has 0 spiro atoms. The third kappa shape index (κ3) is 3.53. The summed E-state index contributed by atoms with van der Waals surface area (Å²) in [5.41, 5.74) is 4.07. The Bertz CT molecular complexity index is 1070. The zero-order chi connectivity index (χ0) is 19.0. The highest BCUT2D eigenvalue weighted by atomic mass is 32.2. The van der Waals surface area contributed by atoms with Gasteiger partial charge in [0.25, 0.3) is 0 Å². The van der Waals surface area contributed by atoms with E-state index in [1.165, 1.54) is 11.8 Å². The Kier molecular flexibility index (Phi) is 4.36. The lowest BCUT2D eigenvalue weighted by Crippen LogP contribution is -2.18. The van der Waals surface area contributed by atoms with Gasteiger partial charge in [-0.3, -0.25) is 5.01 Å². The summed E-state index contributed by atoms with van der Waals surface area (Å²) in [6.07, 6.45) is 3.56. The molecule has 4 rings (SSSR count). The van der Waals surface area contributed by atoms with E-state index in [4.69, 9.17) is 9.52 Å². The lowest BCUT2D eigenvalue weighted by atomic mass is 9.99. The fourth-order valence-corrected chi connectivity index (χ4v) is 3.86. The van der Waals surface area contributed by atoms with E-state index in [1.54, 1.807) is 30.5 Å². The van der Waals surface area contributed by atoms with Crippen LogP contribution >= 0.6 is 0 Å². The van der Waals surface area contributed by atoms with E-state index in [2.05, 4.69) is 31.2 Å². The van der Waals surface area contributed by atoms with Gasteiger partial charge in [0.2, 0.25) is 0 Å². The predicted octanol–water partition coefficient (Wildman–Crippen LogP) is 4.35. The number of hydrazone groups is 1. The van der Waals surface area contributed by atoms with Gasteiger partial charge in [-0.2, -0.15) is 5.10 Å².